The second-order valence-electron chi connectivity index (χ2n) is 6.20. The molecule has 2 amide bonds. The highest BCUT2D eigenvalue weighted by Gasteiger charge is 2.27. The number of nitrogens with zero attached hydrogens (tertiary/aromatic N) is 2. The summed E-state index contributed by atoms with van der Waals surface area (Å²) in [7, 11) is 4.13. The summed E-state index contributed by atoms with van der Waals surface area (Å²) in [4.78, 5) is 16.4. The summed E-state index contributed by atoms with van der Waals surface area (Å²) in [5.74, 6) is 0.551. The molecule has 1 aliphatic heterocycles. The van der Waals surface area contributed by atoms with E-state index in [0.717, 1.165) is 31.6 Å². The lowest BCUT2D eigenvalue weighted by Gasteiger charge is -2.22. The lowest BCUT2D eigenvalue weighted by atomic mass is 10.1. The third kappa shape index (κ3) is 4.51. The fourth-order valence-electron chi connectivity index (χ4n) is 2.89. The molecule has 0 saturated carbocycles. The van der Waals surface area contributed by atoms with Crippen molar-refractivity contribution in [1.82, 2.24) is 15.1 Å². The van der Waals surface area contributed by atoms with Crippen LogP contribution >= 0.6 is 23.2 Å². The minimum absolute atomic E-state index is 0.0280. The highest BCUT2D eigenvalue weighted by molar-refractivity contribution is 6.35. The van der Waals surface area contributed by atoms with Gasteiger partial charge in [0.2, 0.25) is 0 Å². The van der Waals surface area contributed by atoms with Crippen LogP contribution in [0.5, 0.6) is 0 Å². The van der Waals surface area contributed by atoms with Gasteiger partial charge in [-0.1, -0.05) is 29.3 Å². The zero-order valence-corrected chi connectivity index (χ0v) is 14.8. The number of urea groups is 1. The number of hydrogen-bond donors (Lipinski definition) is 1. The monoisotopic (exact) mass is 343 g/mol. The van der Waals surface area contributed by atoms with Crippen molar-refractivity contribution in [3.63, 3.8) is 0 Å². The van der Waals surface area contributed by atoms with Gasteiger partial charge in [0.25, 0.3) is 0 Å². The van der Waals surface area contributed by atoms with Gasteiger partial charge in [0.15, 0.2) is 0 Å². The maximum atomic E-state index is 12.4. The Morgan fingerprint density at radius 2 is 2.18 bits per heavy atom. The molecule has 4 nitrogen and oxygen atoms in total. The molecule has 1 fully saturated rings. The van der Waals surface area contributed by atoms with Crippen molar-refractivity contribution in [2.75, 3.05) is 33.7 Å². The molecule has 0 aromatic heterocycles. The Morgan fingerprint density at radius 1 is 1.45 bits per heavy atom. The lowest BCUT2D eigenvalue weighted by molar-refractivity contribution is 0.202. The minimum atomic E-state index is -0.148. The molecular formula is C16H23Cl2N3O. The standard InChI is InChI=1S/C16H23Cl2N3O/c1-11(14-5-4-13(17)8-15(14)18)19-16(22)21-7-6-12(10-21)9-20(2)3/h4-5,8,11-12H,6-7,9-10H2,1-3H3,(H,19,22). The maximum absolute atomic E-state index is 12.4. The summed E-state index contributed by atoms with van der Waals surface area (Å²) in [5.41, 5.74) is 0.878. The van der Waals surface area contributed by atoms with Crippen LogP contribution in [-0.4, -0.2) is 49.6 Å². The molecule has 1 aliphatic rings. The number of carbonyl (C=O) groups excluding carboxylic acids is 1. The summed E-state index contributed by atoms with van der Waals surface area (Å²) in [6.45, 7) is 4.57. The molecule has 1 saturated heterocycles. The Hall–Kier alpha value is -0.970. The van der Waals surface area contributed by atoms with Gasteiger partial charge >= 0.3 is 6.03 Å². The molecule has 122 valence electrons. The molecule has 1 N–H and O–H groups in total. The van der Waals surface area contributed by atoms with Gasteiger partial charge < -0.3 is 15.1 Å². The van der Waals surface area contributed by atoms with Crippen molar-refractivity contribution in [3.05, 3.63) is 33.8 Å². The van der Waals surface area contributed by atoms with Gasteiger partial charge in [0, 0.05) is 29.7 Å². The van der Waals surface area contributed by atoms with Crippen molar-refractivity contribution in [3.8, 4) is 0 Å². The van der Waals surface area contributed by atoms with Crippen LogP contribution in [0.25, 0.3) is 0 Å². The van der Waals surface area contributed by atoms with Crippen LogP contribution < -0.4 is 5.32 Å². The Bertz CT molecular complexity index is 536. The average molecular weight is 344 g/mol. The van der Waals surface area contributed by atoms with Gasteiger partial charge in [-0.2, -0.15) is 0 Å². The normalized spacial score (nSPS) is 19.5. The van der Waals surface area contributed by atoms with Crippen LogP contribution in [0.15, 0.2) is 18.2 Å². The molecule has 1 aromatic rings. The first-order valence-electron chi connectivity index (χ1n) is 7.52. The van der Waals surface area contributed by atoms with Crippen molar-refractivity contribution >= 4 is 29.2 Å². The molecule has 22 heavy (non-hydrogen) atoms. The number of nitrogens with one attached hydrogen (secondary N) is 1. The second kappa shape index (κ2) is 7.53. The first-order chi connectivity index (χ1) is 10.4. The third-order valence-electron chi connectivity index (χ3n) is 3.97. The smallest absolute Gasteiger partial charge is 0.317 e. The number of hydrogen-bond acceptors (Lipinski definition) is 2. The van der Waals surface area contributed by atoms with E-state index >= 15 is 0 Å². The molecule has 6 heteroatoms. The fourth-order valence-corrected chi connectivity index (χ4v) is 3.46. The Labute approximate surface area is 142 Å². The van der Waals surface area contributed by atoms with E-state index in [0.29, 0.717) is 16.0 Å². The summed E-state index contributed by atoms with van der Waals surface area (Å²) < 4.78 is 0. The predicted octanol–water partition coefficient (Wildman–Crippen LogP) is 3.65. The number of rotatable bonds is 4. The van der Waals surface area contributed by atoms with E-state index in [-0.39, 0.29) is 12.1 Å². The molecule has 1 aromatic carbocycles. The molecular weight excluding hydrogens is 321 g/mol. The Kier molecular flexibility index (Phi) is 5.95. The van der Waals surface area contributed by atoms with E-state index in [9.17, 15) is 4.79 Å². The lowest BCUT2D eigenvalue weighted by Crippen LogP contribution is -2.40. The number of carbonyl (C=O) groups is 1. The highest BCUT2D eigenvalue weighted by Crippen LogP contribution is 2.26. The summed E-state index contributed by atoms with van der Waals surface area (Å²) in [6.07, 6.45) is 1.06. The quantitative estimate of drug-likeness (QED) is 0.905. The number of likely N-dealkylation sites (tertiary alicyclic amines) is 1. The van der Waals surface area contributed by atoms with E-state index in [1.165, 1.54) is 0 Å². The first-order valence-corrected chi connectivity index (χ1v) is 8.27. The molecule has 0 spiro atoms. The van der Waals surface area contributed by atoms with Crippen LogP contribution in [0.4, 0.5) is 4.79 Å². The van der Waals surface area contributed by atoms with Crippen LogP contribution in [0, 0.1) is 5.92 Å². The van der Waals surface area contributed by atoms with Crippen molar-refractivity contribution in [1.29, 1.82) is 0 Å². The van der Waals surface area contributed by atoms with Gasteiger partial charge in [-0.25, -0.2) is 4.79 Å². The van der Waals surface area contributed by atoms with E-state index in [1.807, 2.05) is 17.9 Å². The topological polar surface area (TPSA) is 35.6 Å². The largest absolute Gasteiger partial charge is 0.331 e. The molecule has 0 radical (unpaired) electrons. The predicted molar refractivity (Wildman–Crippen MR) is 91.6 cm³/mol. The zero-order chi connectivity index (χ0) is 16.3. The maximum Gasteiger partial charge on any atom is 0.317 e. The van der Waals surface area contributed by atoms with E-state index in [4.69, 9.17) is 23.2 Å². The van der Waals surface area contributed by atoms with Gasteiger partial charge in [-0.15, -0.1) is 0 Å². The molecule has 0 aliphatic carbocycles. The van der Waals surface area contributed by atoms with Gasteiger partial charge in [-0.05, 0) is 51.1 Å². The van der Waals surface area contributed by atoms with E-state index < -0.39 is 0 Å². The van der Waals surface area contributed by atoms with Crippen LogP contribution in [0.3, 0.4) is 0 Å². The molecule has 0 bridgehead atoms. The summed E-state index contributed by atoms with van der Waals surface area (Å²) in [6, 6.07) is 5.16. The van der Waals surface area contributed by atoms with Crippen molar-refractivity contribution in [2.24, 2.45) is 5.92 Å². The van der Waals surface area contributed by atoms with Gasteiger partial charge in [0.1, 0.15) is 0 Å². The van der Waals surface area contributed by atoms with Crippen LogP contribution in [0.1, 0.15) is 24.9 Å². The van der Waals surface area contributed by atoms with E-state index in [1.54, 1.807) is 12.1 Å². The number of amides is 2. The second-order valence-corrected chi connectivity index (χ2v) is 7.04. The third-order valence-corrected chi connectivity index (χ3v) is 4.53. The minimum Gasteiger partial charge on any atom is -0.331 e. The molecule has 2 rings (SSSR count). The zero-order valence-electron chi connectivity index (χ0n) is 13.3. The molecule has 2 atom stereocenters. The Morgan fingerprint density at radius 3 is 2.82 bits per heavy atom. The molecule has 2 unspecified atom stereocenters. The van der Waals surface area contributed by atoms with Gasteiger partial charge in [0.05, 0.1) is 6.04 Å². The summed E-state index contributed by atoms with van der Waals surface area (Å²) >= 11 is 12.1. The van der Waals surface area contributed by atoms with Crippen LogP contribution in [0.2, 0.25) is 10.0 Å². The van der Waals surface area contributed by atoms with E-state index in [2.05, 4.69) is 24.3 Å². The average Bonchev–Trinajstić information content (AvgIpc) is 2.86. The molecule has 1 heterocycles. The van der Waals surface area contributed by atoms with Crippen LogP contribution in [-0.2, 0) is 0 Å². The SMILES string of the molecule is CC(NC(=O)N1CCC(CN(C)C)C1)c1ccc(Cl)cc1Cl. The number of halogens is 2. The Balaban J connectivity index is 1.92. The fraction of sp³-hybridized carbons (Fsp3) is 0.562. The van der Waals surface area contributed by atoms with Crippen molar-refractivity contribution < 1.29 is 4.79 Å². The number of benzene rings is 1. The summed E-state index contributed by atoms with van der Waals surface area (Å²) in [5, 5.41) is 4.19. The highest BCUT2D eigenvalue weighted by atomic mass is 35.5. The first kappa shape index (κ1) is 17.4. The van der Waals surface area contributed by atoms with Gasteiger partial charge in [-0.3, -0.25) is 0 Å². The van der Waals surface area contributed by atoms with Crippen molar-refractivity contribution in [2.45, 2.75) is 19.4 Å².